The summed E-state index contributed by atoms with van der Waals surface area (Å²) >= 11 is 0. The van der Waals surface area contributed by atoms with E-state index in [9.17, 15) is 9.59 Å². The quantitative estimate of drug-likeness (QED) is 0.654. The number of nitrogens with one attached hydrogen (secondary N) is 1. The van der Waals surface area contributed by atoms with E-state index in [1.54, 1.807) is 0 Å². The summed E-state index contributed by atoms with van der Waals surface area (Å²) in [6, 6.07) is 1.29. The van der Waals surface area contributed by atoms with Crippen molar-refractivity contribution in [1.29, 1.82) is 0 Å². The molecule has 0 saturated carbocycles. The summed E-state index contributed by atoms with van der Waals surface area (Å²) in [5, 5.41) is 8.59. The molecule has 2 heterocycles. The second-order valence-electron chi connectivity index (χ2n) is 2.40. The van der Waals surface area contributed by atoms with Crippen molar-refractivity contribution in [3.05, 3.63) is 28.4 Å². The molecule has 0 unspecified atom stereocenters. The van der Waals surface area contributed by atoms with E-state index in [1.165, 1.54) is 6.07 Å². The highest BCUT2D eigenvalue weighted by molar-refractivity contribution is 5.90. The smallest absolute Gasteiger partial charge is 0.418 e. The van der Waals surface area contributed by atoms with Crippen LogP contribution in [0.25, 0.3) is 11.2 Å². The fourth-order valence-corrected chi connectivity index (χ4v) is 0.963. The molecule has 0 aliphatic heterocycles. The fraction of sp³-hybridized carbons (Fsp3) is 0. The van der Waals surface area contributed by atoms with Crippen LogP contribution >= 0.6 is 0 Å². The van der Waals surface area contributed by atoms with Gasteiger partial charge in [-0.05, 0) is 6.07 Å². The van der Waals surface area contributed by atoms with Crippen LogP contribution in [0.3, 0.4) is 0 Å². The molecule has 6 heteroatoms. The third kappa shape index (κ3) is 1.18. The minimum absolute atomic E-state index is 0.00421. The van der Waals surface area contributed by atoms with Gasteiger partial charge in [0.1, 0.15) is 5.52 Å². The zero-order valence-electron chi connectivity index (χ0n) is 6.27. The van der Waals surface area contributed by atoms with Crippen LogP contribution in [0.1, 0.15) is 10.4 Å². The Morgan fingerprint density at radius 1 is 1.62 bits per heavy atom. The van der Waals surface area contributed by atoms with Crippen LogP contribution in [-0.4, -0.2) is 21.0 Å². The number of carboxylic acids is 1. The van der Waals surface area contributed by atoms with Gasteiger partial charge in [-0.15, -0.1) is 0 Å². The number of aromatic amines is 1. The van der Waals surface area contributed by atoms with Crippen LogP contribution in [-0.2, 0) is 0 Å². The molecule has 0 spiro atoms. The van der Waals surface area contributed by atoms with Gasteiger partial charge >= 0.3 is 11.7 Å². The van der Waals surface area contributed by atoms with Gasteiger partial charge in [0, 0.05) is 6.20 Å². The van der Waals surface area contributed by atoms with Crippen LogP contribution in [0.5, 0.6) is 0 Å². The molecule has 6 nitrogen and oxygen atoms in total. The van der Waals surface area contributed by atoms with Crippen LogP contribution in [0, 0.1) is 0 Å². The number of hydrogen-bond donors (Lipinski definition) is 2. The van der Waals surface area contributed by atoms with Gasteiger partial charge in [0.05, 0.1) is 5.56 Å². The fourth-order valence-electron chi connectivity index (χ4n) is 0.963. The number of carboxylic acid groups (broad SMARTS) is 1. The third-order valence-corrected chi connectivity index (χ3v) is 1.52. The summed E-state index contributed by atoms with van der Waals surface area (Å²) in [6.45, 7) is 0. The molecule has 0 radical (unpaired) electrons. The summed E-state index contributed by atoms with van der Waals surface area (Å²) < 4.78 is 4.59. The zero-order chi connectivity index (χ0) is 9.42. The van der Waals surface area contributed by atoms with E-state index in [-0.39, 0.29) is 16.8 Å². The molecular formula is C7H4N2O4. The molecule has 2 aromatic rings. The van der Waals surface area contributed by atoms with E-state index >= 15 is 0 Å². The lowest BCUT2D eigenvalue weighted by molar-refractivity contribution is 0.0696. The predicted octanol–water partition coefficient (Wildman–Crippen LogP) is 0.214. The van der Waals surface area contributed by atoms with Crippen LogP contribution in [0.4, 0.5) is 0 Å². The average Bonchev–Trinajstić information content (AvgIpc) is 2.42. The first-order valence-electron chi connectivity index (χ1n) is 3.39. The van der Waals surface area contributed by atoms with E-state index in [0.29, 0.717) is 0 Å². The minimum atomic E-state index is -1.10. The molecule has 2 aromatic heterocycles. The first kappa shape index (κ1) is 7.53. The number of aromatic carboxylic acids is 1. The maximum atomic E-state index is 10.7. The highest BCUT2D eigenvalue weighted by Gasteiger charge is 2.07. The van der Waals surface area contributed by atoms with E-state index in [2.05, 4.69) is 14.4 Å². The Balaban J connectivity index is 2.74. The Hall–Kier alpha value is -2.11. The van der Waals surface area contributed by atoms with Crippen LogP contribution in [0.15, 0.2) is 21.5 Å². The number of fused-ring (bicyclic) bond motifs is 1. The summed E-state index contributed by atoms with van der Waals surface area (Å²) in [6.07, 6.45) is 1.13. The van der Waals surface area contributed by atoms with Crippen LogP contribution < -0.4 is 5.76 Å². The molecule has 0 aromatic carbocycles. The largest absolute Gasteiger partial charge is 0.478 e. The lowest BCUT2D eigenvalue weighted by atomic mass is 10.3. The summed E-state index contributed by atoms with van der Waals surface area (Å²) in [5.74, 6) is -1.75. The maximum Gasteiger partial charge on any atom is 0.418 e. The highest BCUT2D eigenvalue weighted by Crippen LogP contribution is 2.08. The van der Waals surface area contributed by atoms with Crippen molar-refractivity contribution >= 4 is 17.2 Å². The van der Waals surface area contributed by atoms with Gasteiger partial charge < -0.3 is 9.52 Å². The molecule has 0 amide bonds. The Morgan fingerprint density at radius 3 is 3.08 bits per heavy atom. The molecule has 0 aliphatic rings. The summed E-state index contributed by atoms with van der Waals surface area (Å²) in [4.78, 5) is 27.1. The second kappa shape index (κ2) is 2.44. The molecule has 0 saturated heterocycles. The van der Waals surface area contributed by atoms with Crippen molar-refractivity contribution in [2.24, 2.45) is 0 Å². The summed E-state index contributed by atoms with van der Waals surface area (Å²) in [5.41, 5.74) is 0.393. The van der Waals surface area contributed by atoms with Gasteiger partial charge in [0.2, 0.25) is 5.71 Å². The molecule has 0 bridgehead atoms. The molecule has 2 rings (SSSR count). The number of rotatable bonds is 1. The van der Waals surface area contributed by atoms with E-state index in [0.717, 1.165) is 6.20 Å². The Kier molecular flexibility index (Phi) is 1.42. The third-order valence-electron chi connectivity index (χ3n) is 1.52. The van der Waals surface area contributed by atoms with Gasteiger partial charge in [0.25, 0.3) is 0 Å². The molecule has 0 fully saturated rings. The molecule has 13 heavy (non-hydrogen) atoms. The molecular weight excluding hydrogens is 176 g/mol. The predicted molar refractivity (Wildman–Crippen MR) is 41.6 cm³/mol. The van der Waals surface area contributed by atoms with Crippen molar-refractivity contribution in [3.8, 4) is 0 Å². The molecule has 0 atom stereocenters. The minimum Gasteiger partial charge on any atom is -0.478 e. The number of H-pyrrole nitrogens is 1. The number of oxazole rings is 1. The molecule has 2 N–H and O–H groups in total. The second-order valence-corrected chi connectivity index (χ2v) is 2.40. The molecule has 0 aliphatic carbocycles. The van der Waals surface area contributed by atoms with E-state index in [4.69, 9.17) is 5.11 Å². The van der Waals surface area contributed by atoms with E-state index in [1.807, 2.05) is 0 Å². The average molecular weight is 180 g/mol. The van der Waals surface area contributed by atoms with Gasteiger partial charge in [-0.1, -0.05) is 0 Å². The monoisotopic (exact) mass is 180 g/mol. The Bertz CT molecular complexity index is 525. The van der Waals surface area contributed by atoms with E-state index < -0.39 is 11.7 Å². The SMILES string of the molecule is O=C(O)c1cnc2oc(=O)[nH]c2c1. The van der Waals surface area contributed by atoms with Gasteiger partial charge in [-0.25, -0.2) is 14.6 Å². The number of carbonyl (C=O) groups is 1. The van der Waals surface area contributed by atoms with Gasteiger partial charge in [-0.2, -0.15) is 0 Å². The van der Waals surface area contributed by atoms with Crippen molar-refractivity contribution < 1.29 is 14.3 Å². The van der Waals surface area contributed by atoms with Crippen molar-refractivity contribution in [2.45, 2.75) is 0 Å². The molecule has 66 valence electrons. The lowest BCUT2D eigenvalue weighted by Crippen LogP contribution is -1.96. The number of nitrogens with zero attached hydrogens (tertiary/aromatic N) is 1. The zero-order valence-corrected chi connectivity index (χ0v) is 6.27. The Morgan fingerprint density at radius 2 is 2.38 bits per heavy atom. The first-order chi connectivity index (χ1) is 6.16. The topological polar surface area (TPSA) is 96.2 Å². The van der Waals surface area contributed by atoms with Gasteiger partial charge in [0.15, 0.2) is 0 Å². The Labute approximate surface area is 70.8 Å². The first-order valence-corrected chi connectivity index (χ1v) is 3.39. The van der Waals surface area contributed by atoms with Crippen LogP contribution in [0.2, 0.25) is 0 Å². The highest BCUT2D eigenvalue weighted by atomic mass is 16.4. The van der Waals surface area contributed by atoms with Crippen molar-refractivity contribution in [2.75, 3.05) is 0 Å². The van der Waals surface area contributed by atoms with Gasteiger partial charge in [-0.3, -0.25) is 4.98 Å². The standard InChI is InChI=1S/C7H4N2O4/c10-6(11)3-1-4-5(8-2-3)13-7(12)9-4/h1-2H,(H,9,12)(H,10,11). The van der Waals surface area contributed by atoms with Crippen molar-refractivity contribution in [1.82, 2.24) is 9.97 Å². The number of aromatic nitrogens is 2. The van der Waals surface area contributed by atoms with Crippen molar-refractivity contribution in [3.63, 3.8) is 0 Å². The summed E-state index contributed by atoms with van der Waals surface area (Å²) in [7, 11) is 0. The normalized spacial score (nSPS) is 10.5. The maximum absolute atomic E-state index is 10.7. The number of pyridine rings is 1. The lowest BCUT2D eigenvalue weighted by Gasteiger charge is -1.90. The number of hydrogen-bond acceptors (Lipinski definition) is 4.